The van der Waals surface area contributed by atoms with Gasteiger partial charge < -0.3 is 5.32 Å². The van der Waals surface area contributed by atoms with E-state index in [1.54, 1.807) is 0 Å². The van der Waals surface area contributed by atoms with E-state index < -0.39 is 0 Å². The van der Waals surface area contributed by atoms with Crippen LogP contribution in [0.4, 0.5) is 0 Å². The van der Waals surface area contributed by atoms with Crippen LogP contribution in [0.1, 0.15) is 31.4 Å². The third-order valence-corrected chi connectivity index (χ3v) is 5.87. The lowest BCUT2D eigenvalue weighted by Crippen LogP contribution is -2.27. The van der Waals surface area contributed by atoms with Crippen molar-refractivity contribution in [1.82, 2.24) is 5.32 Å². The highest BCUT2D eigenvalue weighted by Gasteiger charge is 2.25. The second-order valence-electron chi connectivity index (χ2n) is 4.18. The summed E-state index contributed by atoms with van der Waals surface area (Å²) in [4.78, 5) is 0. The summed E-state index contributed by atoms with van der Waals surface area (Å²) < 4.78 is 1.53. The number of hydrogen-bond donors (Lipinski definition) is 1. The lowest BCUT2D eigenvalue weighted by atomic mass is 10.0. The normalized spacial score (nSPS) is 24.4. The number of thioether (sulfide) groups is 2. The maximum absolute atomic E-state index is 3.71. The van der Waals surface area contributed by atoms with Crippen molar-refractivity contribution in [2.75, 3.05) is 18.6 Å². The van der Waals surface area contributed by atoms with Gasteiger partial charge in [-0.3, -0.25) is 0 Å². The van der Waals surface area contributed by atoms with Crippen LogP contribution in [0.25, 0.3) is 0 Å². The molecule has 0 amide bonds. The first-order chi connectivity index (χ1) is 7.81. The van der Waals surface area contributed by atoms with Gasteiger partial charge in [-0.25, -0.2) is 0 Å². The first-order valence-electron chi connectivity index (χ1n) is 5.77. The van der Waals surface area contributed by atoms with Gasteiger partial charge in [0.1, 0.15) is 0 Å². The van der Waals surface area contributed by atoms with E-state index in [1.165, 1.54) is 28.4 Å². The lowest BCUT2D eigenvalue weighted by Gasteiger charge is -2.27. The maximum atomic E-state index is 3.71. The topological polar surface area (TPSA) is 12.0 Å². The van der Waals surface area contributed by atoms with Crippen molar-refractivity contribution in [3.8, 4) is 0 Å². The van der Waals surface area contributed by atoms with Crippen molar-refractivity contribution in [2.24, 2.45) is 0 Å². The fourth-order valence-electron chi connectivity index (χ4n) is 2.04. The largest absolute Gasteiger partial charge is 0.310 e. The number of fused-ring (bicyclic) bond motifs is 1. The Morgan fingerprint density at radius 2 is 2.44 bits per heavy atom. The van der Waals surface area contributed by atoms with E-state index in [0.29, 0.717) is 6.04 Å². The van der Waals surface area contributed by atoms with Crippen molar-refractivity contribution in [2.45, 2.75) is 35.3 Å². The Morgan fingerprint density at radius 1 is 1.56 bits per heavy atom. The molecular formula is C12H19NS3. The van der Waals surface area contributed by atoms with E-state index in [-0.39, 0.29) is 0 Å². The molecule has 0 aromatic carbocycles. The minimum absolute atomic E-state index is 0.597. The molecule has 1 N–H and O–H groups in total. The van der Waals surface area contributed by atoms with Gasteiger partial charge in [0.15, 0.2) is 0 Å². The lowest BCUT2D eigenvalue weighted by molar-refractivity contribution is 0.490. The molecule has 0 fully saturated rings. The Labute approximate surface area is 111 Å². The standard InChI is InChI=1S/C12H19NS3/c1-9-8-11(13-5-3-6-14-2)10-4-7-15-12(10)16-9/h4,7,9,11,13H,3,5-6,8H2,1-2H3/t9-,11?/m0/s1. The molecule has 2 heterocycles. The molecule has 2 atom stereocenters. The molecule has 1 aromatic rings. The molecule has 0 bridgehead atoms. The molecule has 1 aliphatic heterocycles. The molecule has 16 heavy (non-hydrogen) atoms. The van der Waals surface area contributed by atoms with Gasteiger partial charge >= 0.3 is 0 Å². The van der Waals surface area contributed by atoms with E-state index in [2.05, 4.69) is 29.9 Å². The van der Waals surface area contributed by atoms with E-state index in [1.807, 2.05) is 34.9 Å². The van der Waals surface area contributed by atoms with E-state index in [4.69, 9.17) is 0 Å². The molecule has 1 unspecified atom stereocenters. The van der Waals surface area contributed by atoms with Crippen LogP contribution in [0.15, 0.2) is 15.7 Å². The summed E-state index contributed by atoms with van der Waals surface area (Å²) in [5.41, 5.74) is 1.54. The van der Waals surface area contributed by atoms with Crippen LogP contribution in [0.3, 0.4) is 0 Å². The summed E-state index contributed by atoms with van der Waals surface area (Å²) in [5.74, 6) is 1.26. The van der Waals surface area contributed by atoms with Crippen molar-refractivity contribution in [1.29, 1.82) is 0 Å². The minimum atomic E-state index is 0.597. The molecule has 2 rings (SSSR count). The predicted octanol–water partition coefficient (Wildman–Crippen LogP) is 4.02. The summed E-state index contributed by atoms with van der Waals surface area (Å²) in [6.07, 6.45) is 4.72. The van der Waals surface area contributed by atoms with Gasteiger partial charge in [0, 0.05) is 11.3 Å². The van der Waals surface area contributed by atoms with Crippen LogP contribution in [-0.2, 0) is 0 Å². The average Bonchev–Trinajstić information content (AvgIpc) is 2.72. The summed E-state index contributed by atoms with van der Waals surface area (Å²) >= 11 is 5.87. The first-order valence-corrected chi connectivity index (χ1v) is 8.93. The molecule has 4 heteroatoms. The second-order valence-corrected chi connectivity index (χ2v) is 7.79. The zero-order chi connectivity index (χ0) is 11.4. The molecule has 0 aliphatic carbocycles. The molecule has 1 aromatic heterocycles. The van der Waals surface area contributed by atoms with Gasteiger partial charge in [-0.2, -0.15) is 11.8 Å². The van der Waals surface area contributed by atoms with Crippen molar-refractivity contribution in [3.05, 3.63) is 17.0 Å². The van der Waals surface area contributed by atoms with E-state index >= 15 is 0 Å². The van der Waals surface area contributed by atoms with E-state index in [0.717, 1.165) is 11.8 Å². The Morgan fingerprint density at radius 3 is 3.25 bits per heavy atom. The van der Waals surface area contributed by atoms with Crippen LogP contribution >= 0.6 is 34.9 Å². The monoisotopic (exact) mass is 273 g/mol. The van der Waals surface area contributed by atoms with Gasteiger partial charge in [0.25, 0.3) is 0 Å². The summed E-state index contributed by atoms with van der Waals surface area (Å²) in [6.45, 7) is 3.49. The van der Waals surface area contributed by atoms with Gasteiger partial charge in [-0.15, -0.1) is 23.1 Å². The smallest absolute Gasteiger partial charge is 0.0649 e. The summed E-state index contributed by atoms with van der Waals surface area (Å²) in [6, 6.07) is 2.89. The van der Waals surface area contributed by atoms with Crippen LogP contribution in [-0.4, -0.2) is 23.8 Å². The fraction of sp³-hybridized carbons (Fsp3) is 0.667. The molecule has 0 radical (unpaired) electrons. The fourth-order valence-corrected chi connectivity index (χ4v) is 5.04. The van der Waals surface area contributed by atoms with Crippen molar-refractivity contribution < 1.29 is 0 Å². The number of rotatable bonds is 5. The van der Waals surface area contributed by atoms with Crippen molar-refractivity contribution in [3.63, 3.8) is 0 Å². The van der Waals surface area contributed by atoms with E-state index in [9.17, 15) is 0 Å². The number of nitrogens with one attached hydrogen (secondary N) is 1. The Kier molecular flexibility index (Phi) is 5.07. The van der Waals surface area contributed by atoms with Gasteiger partial charge in [-0.05, 0) is 48.4 Å². The molecule has 0 saturated heterocycles. The Balaban J connectivity index is 1.90. The highest BCUT2D eigenvalue weighted by molar-refractivity contribution is 8.01. The van der Waals surface area contributed by atoms with Crippen LogP contribution < -0.4 is 5.32 Å². The second kappa shape index (κ2) is 6.34. The third-order valence-electron chi connectivity index (χ3n) is 2.83. The highest BCUT2D eigenvalue weighted by Crippen LogP contribution is 2.43. The minimum Gasteiger partial charge on any atom is -0.310 e. The zero-order valence-corrected chi connectivity index (χ0v) is 12.3. The molecule has 0 spiro atoms. The van der Waals surface area contributed by atoms with Crippen LogP contribution in [0, 0.1) is 0 Å². The molecule has 90 valence electrons. The van der Waals surface area contributed by atoms with Crippen LogP contribution in [0.5, 0.6) is 0 Å². The Bertz CT molecular complexity index is 324. The van der Waals surface area contributed by atoms with Gasteiger partial charge in [0.2, 0.25) is 0 Å². The van der Waals surface area contributed by atoms with Gasteiger partial charge in [-0.1, -0.05) is 6.92 Å². The molecular weight excluding hydrogens is 254 g/mol. The molecule has 1 nitrogen and oxygen atoms in total. The summed E-state index contributed by atoms with van der Waals surface area (Å²) in [5, 5.41) is 6.69. The third kappa shape index (κ3) is 3.19. The quantitative estimate of drug-likeness (QED) is 0.814. The zero-order valence-electron chi connectivity index (χ0n) is 9.86. The maximum Gasteiger partial charge on any atom is 0.0649 e. The number of hydrogen-bond acceptors (Lipinski definition) is 4. The molecule has 0 saturated carbocycles. The van der Waals surface area contributed by atoms with Crippen LogP contribution in [0.2, 0.25) is 0 Å². The van der Waals surface area contributed by atoms with Gasteiger partial charge in [0.05, 0.1) is 4.21 Å². The Hall–Kier alpha value is 0.360. The molecule has 1 aliphatic rings. The first kappa shape index (κ1) is 12.8. The highest BCUT2D eigenvalue weighted by atomic mass is 32.2. The van der Waals surface area contributed by atoms with Crippen molar-refractivity contribution >= 4 is 34.9 Å². The summed E-state index contributed by atoms with van der Waals surface area (Å²) in [7, 11) is 0. The average molecular weight is 273 g/mol. The number of thiophene rings is 1. The SMILES string of the molecule is CSCCCNC1C[C@H](C)Sc2sccc21. The predicted molar refractivity (Wildman–Crippen MR) is 78.0 cm³/mol.